The molecule has 1 aliphatic heterocycles. The van der Waals surface area contributed by atoms with Gasteiger partial charge in [-0.25, -0.2) is 0 Å². The van der Waals surface area contributed by atoms with Crippen LogP contribution in [0.1, 0.15) is 19.6 Å². The van der Waals surface area contributed by atoms with Gasteiger partial charge < -0.3 is 4.42 Å². The van der Waals surface area contributed by atoms with E-state index in [-0.39, 0.29) is 5.91 Å². The van der Waals surface area contributed by atoms with Crippen LogP contribution in [0.4, 0.5) is 0 Å². The minimum absolute atomic E-state index is 0.0231. The lowest BCUT2D eigenvalue weighted by molar-refractivity contribution is -0.122. The summed E-state index contributed by atoms with van der Waals surface area (Å²) in [7, 11) is 0. The highest BCUT2D eigenvalue weighted by molar-refractivity contribution is 8.26. The Hall–Kier alpha value is -1.07. The number of hydrogen-bond acceptors (Lipinski definition) is 4. The van der Waals surface area contributed by atoms with Crippen LogP contribution in [0.2, 0.25) is 0 Å². The van der Waals surface area contributed by atoms with Gasteiger partial charge >= 0.3 is 0 Å². The Labute approximate surface area is 110 Å². The largest absolute Gasteiger partial charge is 0.465 e. The third-order valence-corrected chi connectivity index (χ3v) is 3.62. The molecule has 0 aliphatic carbocycles. The molecule has 3 nitrogen and oxygen atoms in total. The first kappa shape index (κ1) is 12.4. The Kier molecular flexibility index (Phi) is 3.69. The predicted octanol–water partition coefficient (Wildman–Crippen LogP) is 3.14. The lowest BCUT2D eigenvalue weighted by Gasteiger charge is -2.16. The van der Waals surface area contributed by atoms with E-state index in [9.17, 15) is 4.79 Å². The zero-order chi connectivity index (χ0) is 12.4. The maximum atomic E-state index is 12.1. The van der Waals surface area contributed by atoms with Crippen LogP contribution >= 0.6 is 24.0 Å². The molecule has 1 aromatic rings. The number of carbonyl (C=O) groups excluding carboxylic acids is 1. The Bertz CT molecular complexity index is 463. The number of amides is 1. The van der Waals surface area contributed by atoms with E-state index in [4.69, 9.17) is 16.6 Å². The minimum atomic E-state index is -0.0231. The molecule has 17 heavy (non-hydrogen) atoms. The molecule has 1 fully saturated rings. The van der Waals surface area contributed by atoms with Crippen molar-refractivity contribution in [3.63, 3.8) is 0 Å². The molecular formula is C12H13NO2S2. The normalized spacial score (nSPS) is 18.8. The van der Waals surface area contributed by atoms with Crippen LogP contribution in [0, 0.1) is 5.92 Å². The van der Waals surface area contributed by atoms with Gasteiger partial charge in [0.1, 0.15) is 10.1 Å². The molecule has 0 bridgehead atoms. The number of nitrogens with zero attached hydrogens (tertiary/aromatic N) is 1. The third kappa shape index (κ3) is 2.79. The van der Waals surface area contributed by atoms with Crippen LogP contribution in [0.25, 0.3) is 6.08 Å². The average molecular weight is 267 g/mol. The summed E-state index contributed by atoms with van der Waals surface area (Å²) in [6, 6.07) is 3.61. The van der Waals surface area contributed by atoms with Crippen LogP contribution in [0.15, 0.2) is 27.7 Å². The summed E-state index contributed by atoms with van der Waals surface area (Å²) in [5.74, 6) is 1.06. The highest BCUT2D eigenvalue weighted by atomic mass is 32.2. The second kappa shape index (κ2) is 5.06. The van der Waals surface area contributed by atoms with Gasteiger partial charge in [-0.05, 0) is 18.1 Å². The second-order valence-corrected chi connectivity index (χ2v) is 5.88. The molecule has 0 radical (unpaired) electrons. The fourth-order valence-electron chi connectivity index (χ4n) is 1.53. The van der Waals surface area contributed by atoms with Crippen molar-refractivity contribution in [2.75, 3.05) is 6.54 Å². The van der Waals surface area contributed by atoms with Gasteiger partial charge in [0, 0.05) is 12.6 Å². The molecule has 90 valence electrons. The van der Waals surface area contributed by atoms with Gasteiger partial charge in [0.05, 0.1) is 11.2 Å². The van der Waals surface area contributed by atoms with E-state index < -0.39 is 0 Å². The van der Waals surface area contributed by atoms with Crippen molar-refractivity contribution in [3.8, 4) is 0 Å². The van der Waals surface area contributed by atoms with Crippen LogP contribution in [0.3, 0.4) is 0 Å². The first-order valence-electron chi connectivity index (χ1n) is 5.37. The standard InChI is InChI=1S/C12H13NO2S2/c1-8(2)7-13-11(14)10(17-12(13)16)6-9-4-3-5-15-9/h3-6,8H,7H2,1-2H3. The van der Waals surface area contributed by atoms with Crippen LogP contribution in [-0.2, 0) is 4.79 Å². The molecule has 1 amide bonds. The zero-order valence-electron chi connectivity index (χ0n) is 9.67. The molecular weight excluding hydrogens is 254 g/mol. The molecule has 1 aromatic heterocycles. The van der Waals surface area contributed by atoms with Crippen LogP contribution in [0.5, 0.6) is 0 Å². The van der Waals surface area contributed by atoms with E-state index in [1.165, 1.54) is 11.8 Å². The summed E-state index contributed by atoms with van der Waals surface area (Å²) in [4.78, 5) is 14.4. The molecule has 1 saturated heterocycles. The molecule has 0 saturated carbocycles. The summed E-state index contributed by atoms with van der Waals surface area (Å²) in [6.07, 6.45) is 3.32. The van der Waals surface area contributed by atoms with E-state index in [0.29, 0.717) is 27.4 Å². The number of thiocarbonyl (C=S) groups is 1. The molecule has 5 heteroatoms. The SMILES string of the molecule is CC(C)CN1C(=O)C(=Cc2ccco2)SC1=S. The highest BCUT2D eigenvalue weighted by Crippen LogP contribution is 2.32. The van der Waals surface area contributed by atoms with Crippen molar-refractivity contribution < 1.29 is 9.21 Å². The Morgan fingerprint density at radius 2 is 2.35 bits per heavy atom. The number of hydrogen-bond donors (Lipinski definition) is 0. The number of rotatable bonds is 3. The van der Waals surface area contributed by atoms with E-state index in [2.05, 4.69) is 13.8 Å². The number of thioether (sulfide) groups is 1. The maximum Gasteiger partial charge on any atom is 0.266 e. The fraction of sp³-hybridized carbons (Fsp3) is 0.333. The Morgan fingerprint density at radius 3 is 2.94 bits per heavy atom. The van der Waals surface area contributed by atoms with Gasteiger partial charge in [-0.1, -0.05) is 37.8 Å². The fourth-order valence-corrected chi connectivity index (χ4v) is 2.78. The number of carbonyl (C=O) groups is 1. The lowest BCUT2D eigenvalue weighted by atomic mass is 10.2. The molecule has 0 spiro atoms. The predicted molar refractivity (Wildman–Crippen MR) is 73.4 cm³/mol. The van der Waals surface area contributed by atoms with Gasteiger partial charge in [-0.15, -0.1) is 0 Å². The smallest absolute Gasteiger partial charge is 0.266 e. The van der Waals surface area contributed by atoms with E-state index in [1.54, 1.807) is 23.3 Å². The summed E-state index contributed by atoms with van der Waals surface area (Å²) in [6.45, 7) is 4.80. The Morgan fingerprint density at radius 1 is 1.59 bits per heavy atom. The van der Waals surface area contributed by atoms with Gasteiger partial charge in [0.15, 0.2) is 0 Å². The van der Waals surface area contributed by atoms with E-state index >= 15 is 0 Å². The van der Waals surface area contributed by atoms with Crippen molar-refractivity contribution >= 4 is 40.3 Å². The lowest BCUT2D eigenvalue weighted by Crippen LogP contribution is -2.31. The van der Waals surface area contributed by atoms with Crippen molar-refractivity contribution in [2.45, 2.75) is 13.8 Å². The summed E-state index contributed by atoms with van der Waals surface area (Å²) in [5, 5.41) is 0. The Balaban J connectivity index is 2.18. The maximum absolute atomic E-state index is 12.1. The summed E-state index contributed by atoms with van der Waals surface area (Å²) >= 11 is 6.54. The molecule has 0 aromatic carbocycles. The van der Waals surface area contributed by atoms with E-state index in [1.807, 2.05) is 6.07 Å². The molecule has 1 aliphatic rings. The molecule has 0 atom stereocenters. The molecule has 0 N–H and O–H groups in total. The first-order valence-corrected chi connectivity index (χ1v) is 6.59. The highest BCUT2D eigenvalue weighted by Gasteiger charge is 2.32. The average Bonchev–Trinajstić information content (AvgIpc) is 2.83. The van der Waals surface area contributed by atoms with E-state index in [0.717, 1.165) is 0 Å². The van der Waals surface area contributed by atoms with Gasteiger partial charge in [0.2, 0.25) is 0 Å². The number of furan rings is 1. The molecule has 2 heterocycles. The summed E-state index contributed by atoms with van der Waals surface area (Å²) < 4.78 is 5.82. The first-order chi connectivity index (χ1) is 8.08. The monoisotopic (exact) mass is 267 g/mol. The zero-order valence-corrected chi connectivity index (χ0v) is 11.3. The van der Waals surface area contributed by atoms with Crippen LogP contribution in [-0.4, -0.2) is 21.7 Å². The van der Waals surface area contributed by atoms with Crippen molar-refractivity contribution in [1.82, 2.24) is 4.90 Å². The van der Waals surface area contributed by atoms with Gasteiger partial charge in [-0.2, -0.15) is 0 Å². The summed E-state index contributed by atoms with van der Waals surface area (Å²) in [5.41, 5.74) is 0. The topological polar surface area (TPSA) is 33.5 Å². The van der Waals surface area contributed by atoms with Crippen molar-refractivity contribution in [1.29, 1.82) is 0 Å². The van der Waals surface area contributed by atoms with Gasteiger partial charge in [-0.3, -0.25) is 9.69 Å². The molecule has 2 rings (SSSR count). The van der Waals surface area contributed by atoms with Crippen molar-refractivity contribution in [2.24, 2.45) is 5.92 Å². The van der Waals surface area contributed by atoms with Gasteiger partial charge in [0.25, 0.3) is 5.91 Å². The van der Waals surface area contributed by atoms with Crippen molar-refractivity contribution in [3.05, 3.63) is 29.1 Å². The minimum Gasteiger partial charge on any atom is -0.465 e. The second-order valence-electron chi connectivity index (χ2n) is 4.20. The third-order valence-electron chi connectivity index (χ3n) is 2.24. The van der Waals surface area contributed by atoms with Crippen LogP contribution < -0.4 is 0 Å². The molecule has 0 unspecified atom stereocenters. The quantitative estimate of drug-likeness (QED) is 0.622.